The number of aliphatic carboxylic acids is 1. The van der Waals surface area contributed by atoms with Crippen molar-refractivity contribution in [3.8, 4) is 11.5 Å². The molecule has 2 aromatic rings. The SMILES string of the molecule is COc1ccc(CC(C(=O)O)c2cccc(Cl)c2)c(OC)c1. The fourth-order valence-electron chi connectivity index (χ4n) is 2.31. The largest absolute Gasteiger partial charge is 0.497 e. The van der Waals surface area contributed by atoms with Gasteiger partial charge < -0.3 is 14.6 Å². The maximum absolute atomic E-state index is 11.6. The summed E-state index contributed by atoms with van der Waals surface area (Å²) in [7, 11) is 3.12. The summed E-state index contributed by atoms with van der Waals surface area (Å²) < 4.78 is 10.5. The number of hydrogen-bond donors (Lipinski definition) is 1. The molecule has 22 heavy (non-hydrogen) atoms. The second kappa shape index (κ2) is 7.18. The van der Waals surface area contributed by atoms with Crippen LogP contribution in [0.4, 0.5) is 0 Å². The summed E-state index contributed by atoms with van der Waals surface area (Å²) in [4.78, 5) is 11.6. The van der Waals surface area contributed by atoms with E-state index in [2.05, 4.69) is 0 Å². The molecule has 0 radical (unpaired) electrons. The predicted molar refractivity (Wildman–Crippen MR) is 85.1 cm³/mol. The first-order valence-electron chi connectivity index (χ1n) is 6.74. The third-order valence-electron chi connectivity index (χ3n) is 3.47. The highest BCUT2D eigenvalue weighted by Gasteiger charge is 2.22. The van der Waals surface area contributed by atoms with Gasteiger partial charge in [0, 0.05) is 11.1 Å². The summed E-state index contributed by atoms with van der Waals surface area (Å²) in [5.74, 6) is -0.330. The zero-order chi connectivity index (χ0) is 16.1. The second-order valence-corrected chi connectivity index (χ2v) is 5.26. The minimum absolute atomic E-state index is 0.308. The fourth-order valence-corrected chi connectivity index (χ4v) is 2.51. The van der Waals surface area contributed by atoms with Gasteiger partial charge in [0.1, 0.15) is 11.5 Å². The summed E-state index contributed by atoms with van der Waals surface area (Å²) in [5, 5.41) is 10.1. The van der Waals surface area contributed by atoms with Crippen LogP contribution in [0.15, 0.2) is 42.5 Å². The van der Waals surface area contributed by atoms with E-state index in [1.54, 1.807) is 50.6 Å². The Hall–Kier alpha value is -2.20. The zero-order valence-corrected chi connectivity index (χ0v) is 13.1. The molecule has 0 saturated heterocycles. The van der Waals surface area contributed by atoms with Crippen LogP contribution < -0.4 is 9.47 Å². The van der Waals surface area contributed by atoms with E-state index in [0.29, 0.717) is 28.5 Å². The molecule has 2 aromatic carbocycles. The average molecular weight is 321 g/mol. The molecule has 4 nitrogen and oxygen atoms in total. The number of benzene rings is 2. The monoisotopic (exact) mass is 320 g/mol. The third-order valence-corrected chi connectivity index (χ3v) is 3.70. The van der Waals surface area contributed by atoms with Crippen molar-refractivity contribution in [2.24, 2.45) is 0 Å². The summed E-state index contributed by atoms with van der Waals surface area (Å²) in [6.45, 7) is 0. The van der Waals surface area contributed by atoms with Crippen LogP contribution in [0.25, 0.3) is 0 Å². The summed E-state index contributed by atoms with van der Waals surface area (Å²) in [5.41, 5.74) is 1.47. The number of carboxylic acids is 1. The molecule has 2 rings (SSSR count). The van der Waals surface area contributed by atoms with Crippen LogP contribution in [-0.2, 0) is 11.2 Å². The van der Waals surface area contributed by atoms with Crippen LogP contribution in [0.3, 0.4) is 0 Å². The summed E-state index contributed by atoms with van der Waals surface area (Å²) >= 11 is 5.96. The van der Waals surface area contributed by atoms with E-state index in [0.717, 1.165) is 5.56 Å². The smallest absolute Gasteiger partial charge is 0.311 e. The van der Waals surface area contributed by atoms with Crippen molar-refractivity contribution in [2.75, 3.05) is 14.2 Å². The molecule has 1 atom stereocenters. The van der Waals surface area contributed by atoms with Crippen LogP contribution in [0.2, 0.25) is 5.02 Å². The van der Waals surface area contributed by atoms with Crippen LogP contribution in [0, 0.1) is 0 Å². The molecule has 1 unspecified atom stereocenters. The number of methoxy groups -OCH3 is 2. The predicted octanol–water partition coefficient (Wildman–Crippen LogP) is 3.77. The van der Waals surface area contributed by atoms with Crippen LogP contribution in [0.1, 0.15) is 17.0 Å². The van der Waals surface area contributed by atoms with Crippen molar-refractivity contribution in [1.29, 1.82) is 0 Å². The van der Waals surface area contributed by atoms with E-state index >= 15 is 0 Å². The second-order valence-electron chi connectivity index (χ2n) is 4.83. The first-order chi connectivity index (χ1) is 10.5. The van der Waals surface area contributed by atoms with Crippen molar-refractivity contribution in [2.45, 2.75) is 12.3 Å². The van der Waals surface area contributed by atoms with Gasteiger partial charge in [0.15, 0.2) is 0 Å². The Labute approximate surface area is 134 Å². The van der Waals surface area contributed by atoms with Crippen LogP contribution in [-0.4, -0.2) is 25.3 Å². The first kappa shape index (κ1) is 16.2. The Morgan fingerprint density at radius 2 is 1.95 bits per heavy atom. The normalized spacial score (nSPS) is 11.8. The van der Waals surface area contributed by atoms with Crippen molar-refractivity contribution in [1.82, 2.24) is 0 Å². The van der Waals surface area contributed by atoms with E-state index in [4.69, 9.17) is 21.1 Å². The minimum Gasteiger partial charge on any atom is -0.497 e. The molecular weight excluding hydrogens is 304 g/mol. The lowest BCUT2D eigenvalue weighted by Crippen LogP contribution is -2.15. The zero-order valence-electron chi connectivity index (χ0n) is 12.4. The molecule has 0 fully saturated rings. The van der Waals surface area contributed by atoms with Gasteiger partial charge in [-0.25, -0.2) is 0 Å². The van der Waals surface area contributed by atoms with Gasteiger partial charge in [-0.15, -0.1) is 0 Å². The molecule has 0 amide bonds. The molecule has 1 N–H and O–H groups in total. The Morgan fingerprint density at radius 3 is 2.55 bits per heavy atom. The van der Waals surface area contributed by atoms with Gasteiger partial charge in [0.25, 0.3) is 0 Å². The van der Waals surface area contributed by atoms with Gasteiger partial charge >= 0.3 is 5.97 Å². The van der Waals surface area contributed by atoms with Crippen molar-refractivity contribution < 1.29 is 19.4 Å². The van der Waals surface area contributed by atoms with E-state index in [9.17, 15) is 9.90 Å². The molecular formula is C17H17ClO4. The molecule has 5 heteroatoms. The summed E-state index contributed by atoms with van der Waals surface area (Å²) in [6, 6.07) is 12.3. The Bertz CT molecular complexity index is 669. The molecule has 0 aliphatic carbocycles. The lowest BCUT2D eigenvalue weighted by molar-refractivity contribution is -0.138. The maximum Gasteiger partial charge on any atom is 0.311 e. The Balaban J connectivity index is 2.34. The Morgan fingerprint density at radius 1 is 1.18 bits per heavy atom. The highest BCUT2D eigenvalue weighted by molar-refractivity contribution is 6.30. The number of halogens is 1. The third kappa shape index (κ3) is 3.71. The van der Waals surface area contributed by atoms with Crippen molar-refractivity contribution in [3.63, 3.8) is 0 Å². The molecule has 0 aliphatic heterocycles. The summed E-state index contributed by atoms with van der Waals surface area (Å²) in [6.07, 6.45) is 0.308. The highest BCUT2D eigenvalue weighted by Crippen LogP contribution is 2.30. The lowest BCUT2D eigenvalue weighted by Gasteiger charge is -2.16. The molecule has 0 spiro atoms. The van der Waals surface area contributed by atoms with Crippen LogP contribution >= 0.6 is 11.6 Å². The molecule has 0 aromatic heterocycles. The Kier molecular flexibility index (Phi) is 5.28. The number of hydrogen-bond acceptors (Lipinski definition) is 3. The molecule has 0 bridgehead atoms. The fraction of sp³-hybridized carbons (Fsp3) is 0.235. The van der Waals surface area contributed by atoms with Gasteiger partial charge in [-0.3, -0.25) is 4.79 Å². The van der Waals surface area contributed by atoms with Crippen molar-refractivity contribution >= 4 is 17.6 Å². The van der Waals surface area contributed by atoms with Crippen LogP contribution in [0.5, 0.6) is 11.5 Å². The van der Waals surface area contributed by atoms with Gasteiger partial charge in [-0.2, -0.15) is 0 Å². The molecule has 0 heterocycles. The van der Waals surface area contributed by atoms with E-state index in [-0.39, 0.29) is 0 Å². The van der Waals surface area contributed by atoms with Crippen molar-refractivity contribution in [3.05, 3.63) is 58.6 Å². The van der Waals surface area contributed by atoms with Gasteiger partial charge in [0.05, 0.1) is 20.1 Å². The van der Waals surface area contributed by atoms with Gasteiger partial charge in [-0.05, 0) is 35.7 Å². The first-order valence-corrected chi connectivity index (χ1v) is 7.12. The molecule has 0 saturated carbocycles. The van der Waals surface area contributed by atoms with Gasteiger partial charge in [-0.1, -0.05) is 29.8 Å². The molecule has 0 aliphatic rings. The molecule has 116 valence electrons. The standard InChI is InChI=1S/C17H17ClO4/c1-21-14-7-6-12(16(10-14)22-2)9-15(17(19)20)11-4-3-5-13(18)8-11/h3-8,10,15H,9H2,1-2H3,(H,19,20). The maximum atomic E-state index is 11.6. The lowest BCUT2D eigenvalue weighted by atomic mass is 9.91. The number of rotatable bonds is 6. The van der Waals surface area contributed by atoms with E-state index in [1.165, 1.54) is 0 Å². The topological polar surface area (TPSA) is 55.8 Å². The minimum atomic E-state index is -0.903. The average Bonchev–Trinajstić information content (AvgIpc) is 2.52. The number of ether oxygens (including phenoxy) is 2. The van der Waals surface area contributed by atoms with E-state index in [1.807, 2.05) is 6.07 Å². The van der Waals surface area contributed by atoms with E-state index < -0.39 is 11.9 Å². The number of carbonyl (C=O) groups is 1. The number of carboxylic acid groups (broad SMARTS) is 1. The highest BCUT2D eigenvalue weighted by atomic mass is 35.5. The quantitative estimate of drug-likeness (QED) is 0.880. The van der Waals surface area contributed by atoms with Gasteiger partial charge in [0.2, 0.25) is 0 Å².